The topological polar surface area (TPSA) is 72.3 Å². The van der Waals surface area contributed by atoms with Crippen LogP contribution in [-0.4, -0.2) is 31.5 Å². The maximum Gasteiger partial charge on any atom is 0.416 e. The first-order valence-corrected chi connectivity index (χ1v) is 9.03. The highest BCUT2D eigenvalue weighted by Gasteiger charge is 2.29. The zero-order chi connectivity index (χ0) is 22.9. The van der Waals surface area contributed by atoms with Crippen LogP contribution in [0.4, 0.5) is 13.2 Å². The van der Waals surface area contributed by atoms with Crippen LogP contribution in [0.1, 0.15) is 29.2 Å². The van der Waals surface area contributed by atoms with Gasteiger partial charge in [0.2, 0.25) is 0 Å². The maximum absolute atomic E-state index is 12.6. The average Bonchev–Trinajstić information content (AvgIpc) is 2.75. The molecule has 0 aliphatic carbocycles. The molecule has 0 bridgehead atoms. The van der Waals surface area contributed by atoms with E-state index in [4.69, 9.17) is 9.68 Å². The van der Waals surface area contributed by atoms with Gasteiger partial charge in [0.05, 0.1) is 5.56 Å². The highest BCUT2D eigenvalue weighted by Crippen LogP contribution is 2.28. The van der Waals surface area contributed by atoms with Crippen molar-refractivity contribution >= 4 is 17.3 Å². The van der Waals surface area contributed by atoms with Gasteiger partial charge < -0.3 is 15.0 Å². The summed E-state index contributed by atoms with van der Waals surface area (Å²) < 4.78 is 37.8. The van der Waals surface area contributed by atoms with E-state index in [2.05, 4.69) is 27.5 Å². The lowest BCUT2D eigenvalue weighted by molar-refractivity contribution is -0.137. The molecule has 0 radical (unpaired) electrons. The van der Waals surface area contributed by atoms with Crippen molar-refractivity contribution in [2.75, 3.05) is 14.2 Å². The summed E-state index contributed by atoms with van der Waals surface area (Å²) in [5.41, 5.74) is 1.26. The molecular formula is C22H20F3N3O3. The Hall–Kier alpha value is -3.80. The van der Waals surface area contributed by atoms with E-state index in [1.807, 2.05) is 0 Å². The number of carbonyl (C=O) groups excluding carboxylic acids is 1. The molecule has 0 heterocycles. The number of amides is 1. The van der Waals surface area contributed by atoms with Crippen LogP contribution < -0.4 is 5.32 Å². The fraction of sp³-hybridized carbons (Fsp3) is 0.227. The molecule has 2 rings (SSSR count). The molecule has 162 valence electrons. The largest absolute Gasteiger partial charge is 0.416 e. The lowest BCUT2D eigenvalue weighted by Gasteiger charge is -2.09. The van der Waals surface area contributed by atoms with Gasteiger partial charge in [0.1, 0.15) is 19.4 Å². The third-order valence-corrected chi connectivity index (χ3v) is 3.92. The van der Waals surface area contributed by atoms with Gasteiger partial charge in [-0.3, -0.25) is 4.79 Å². The number of likely N-dealkylation sites (N-methyl/N-ethyl adjacent to an activating group) is 1. The number of hydrogen-bond donors (Lipinski definition) is 1. The van der Waals surface area contributed by atoms with Crippen molar-refractivity contribution in [2.24, 2.45) is 10.3 Å². The molecule has 9 heteroatoms. The lowest BCUT2D eigenvalue weighted by atomic mass is 10.0. The summed E-state index contributed by atoms with van der Waals surface area (Å²) in [6, 6.07) is 11.5. The van der Waals surface area contributed by atoms with Crippen LogP contribution in [0.25, 0.3) is 0 Å². The molecule has 0 atom stereocenters. The first-order chi connectivity index (χ1) is 14.8. The predicted octanol–water partition coefficient (Wildman–Crippen LogP) is 3.75. The SMILES string of the molecule is CNC(=O)/C(=N/OC)c1ccccc1CO/N=C(\C)C#Cc1ccc(C(F)(F)F)cc1. The van der Waals surface area contributed by atoms with Crippen molar-refractivity contribution in [1.29, 1.82) is 0 Å². The highest BCUT2D eigenvalue weighted by molar-refractivity contribution is 6.45. The van der Waals surface area contributed by atoms with E-state index in [-0.39, 0.29) is 12.3 Å². The number of nitrogens with zero attached hydrogens (tertiary/aromatic N) is 2. The van der Waals surface area contributed by atoms with Gasteiger partial charge >= 0.3 is 6.18 Å². The van der Waals surface area contributed by atoms with Crippen LogP contribution in [-0.2, 0) is 27.3 Å². The average molecular weight is 431 g/mol. The van der Waals surface area contributed by atoms with E-state index in [1.54, 1.807) is 31.2 Å². The zero-order valence-electron chi connectivity index (χ0n) is 17.1. The Morgan fingerprint density at radius 1 is 1.10 bits per heavy atom. The van der Waals surface area contributed by atoms with Crippen molar-refractivity contribution < 1.29 is 27.6 Å². The van der Waals surface area contributed by atoms with Gasteiger partial charge in [-0.05, 0) is 37.1 Å². The fourth-order valence-electron chi connectivity index (χ4n) is 2.43. The molecule has 2 aromatic rings. The molecule has 0 spiro atoms. The molecule has 0 aromatic heterocycles. The molecule has 0 saturated heterocycles. The van der Waals surface area contributed by atoms with Gasteiger partial charge in [0, 0.05) is 23.7 Å². The summed E-state index contributed by atoms with van der Waals surface area (Å²) in [6.07, 6.45) is -4.39. The fourth-order valence-corrected chi connectivity index (χ4v) is 2.43. The van der Waals surface area contributed by atoms with Gasteiger partial charge in [-0.2, -0.15) is 13.2 Å². The smallest absolute Gasteiger partial charge is 0.398 e. The Labute approximate surface area is 177 Å². The maximum atomic E-state index is 12.6. The van der Waals surface area contributed by atoms with Crippen molar-refractivity contribution in [2.45, 2.75) is 19.7 Å². The van der Waals surface area contributed by atoms with E-state index < -0.39 is 17.6 Å². The molecule has 0 aliphatic rings. The minimum absolute atomic E-state index is 0.0369. The van der Waals surface area contributed by atoms with Gasteiger partial charge in [-0.1, -0.05) is 40.5 Å². The van der Waals surface area contributed by atoms with E-state index in [0.717, 1.165) is 12.1 Å². The summed E-state index contributed by atoms with van der Waals surface area (Å²) in [4.78, 5) is 22.1. The number of nitrogens with one attached hydrogen (secondary N) is 1. The summed E-state index contributed by atoms with van der Waals surface area (Å²) in [6.45, 7) is 1.64. The summed E-state index contributed by atoms with van der Waals surface area (Å²) >= 11 is 0. The number of rotatable bonds is 6. The molecule has 0 fully saturated rings. The molecular weight excluding hydrogens is 411 g/mol. The van der Waals surface area contributed by atoms with Crippen molar-refractivity contribution in [3.63, 3.8) is 0 Å². The third kappa shape index (κ3) is 6.89. The Kier molecular flexibility index (Phi) is 8.20. The predicted molar refractivity (Wildman–Crippen MR) is 110 cm³/mol. The first kappa shape index (κ1) is 23.5. The molecule has 31 heavy (non-hydrogen) atoms. The Morgan fingerprint density at radius 2 is 1.77 bits per heavy atom. The number of benzene rings is 2. The second kappa shape index (κ2) is 10.8. The van der Waals surface area contributed by atoms with Crippen LogP contribution in [0.2, 0.25) is 0 Å². The standard InChI is InChI=1S/C22H20F3N3O3/c1-15(8-9-16-10-12-18(13-11-16)22(23,24)25)27-31-14-17-6-4-5-7-19(17)20(28-30-3)21(29)26-2/h4-7,10-13H,14H2,1-3H3,(H,26,29)/b27-15+,28-20+. The van der Waals surface area contributed by atoms with Crippen LogP contribution in [0, 0.1) is 11.8 Å². The van der Waals surface area contributed by atoms with E-state index in [0.29, 0.717) is 22.4 Å². The number of hydrogen-bond acceptors (Lipinski definition) is 5. The normalized spacial score (nSPS) is 11.9. The van der Waals surface area contributed by atoms with Crippen molar-refractivity contribution in [3.05, 3.63) is 70.8 Å². The molecule has 0 unspecified atom stereocenters. The zero-order valence-corrected chi connectivity index (χ0v) is 17.1. The molecule has 6 nitrogen and oxygen atoms in total. The third-order valence-electron chi connectivity index (χ3n) is 3.92. The summed E-state index contributed by atoms with van der Waals surface area (Å²) in [7, 11) is 2.82. The second-order valence-corrected chi connectivity index (χ2v) is 6.13. The van der Waals surface area contributed by atoms with Gasteiger partial charge in [-0.15, -0.1) is 0 Å². The minimum Gasteiger partial charge on any atom is -0.398 e. The van der Waals surface area contributed by atoms with Gasteiger partial charge in [0.15, 0.2) is 5.71 Å². The van der Waals surface area contributed by atoms with Crippen molar-refractivity contribution in [1.82, 2.24) is 5.32 Å². The van der Waals surface area contributed by atoms with Gasteiger partial charge in [0.25, 0.3) is 5.91 Å². The molecule has 0 aliphatic heterocycles. The number of halogens is 3. The van der Waals surface area contributed by atoms with E-state index in [1.165, 1.54) is 26.3 Å². The first-order valence-electron chi connectivity index (χ1n) is 9.03. The quantitative estimate of drug-likeness (QED) is 0.430. The molecule has 0 saturated carbocycles. The van der Waals surface area contributed by atoms with Gasteiger partial charge in [-0.25, -0.2) is 0 Å². The Bertz CT molecular complexity index is 1030. The number of oxime groups is 2. The van der Waals surface area contributed by atoms with E-state index in [9.17, 15) is 18.0 Å². The Balaban J connectivity index is 2.09. The summed E-state index contributed by atoms with van der Waals surface area (Å²) in [5, 5.41) is 10.2. The lowest BCUT2D eigenvalue weighted by Crippen LogP contribution is -2.29. The monoisotopic (exact) mass is 431 g/mol. The molecule has 1 amide bonds. The Morgan fingerprint density at radius 3 is 2.39 bits per heavy atom. The van der Waals surface area contributed by atoms with Crippen LogP contribution >= 0.6 is 0 Å². The minimum atomic E-state index is -4.39. The second-order valence-electron chi connectivity index (χ2n) is 6.13. The van der Waals surface area contributed by atoms with Crippen molar-refractivity contribution in [3.8, 4) is 11.8 Å². The number of carbonyl (C=O) groups is 1. The van der Waals surface area contributed by atoms with Crippen LogP contribution in [0.3, 0.4) is 0 Å². The molecule has 1 N–H and O–H groups in total. The number of alkyl halides is 3. The summed E-state index contributed by atoms with van der Waals surface area (Å²) in [5.74, 6) is 5.02. The van der Waals surface area contributed by atoms with Crippen LogP contribution in [0.15, 0.2) is 58.8 Å². The van der Waals surface area contributed by atoms with E-state index >= 15 is 0 Å². The molecule has 2 aromatic carbocycles. The van der Waals surface area contributed by atoms with Crippen LogP contribution in [0.5, 0.6) is 0 Å². The highest BCUT2D eigenvalue weighted by atomic mass is 19.4.